The number of morpholine rings is 1. The maximum Gasteiger partial charge on any atom is 0.251 e. The summed E-state index contributed by atoms with van der Waals surface area (Å²) in [5, 5.41) is 2.93. The minimum Gasteiger partial charge on any atom is -0.491 e. The average molecular weight is 383 g/mol. The highest BCUT2D eigenvalue weighted by Crippen LogP contribution is 2.25. The van der Waals surface area contributed by atoms with Gasteiger partial charge in [-0.25, -0.2) is 0 Å². The van der Waals surface area contributed by atoms with Gasteiger partial charge in [-0.05, 0) is 35.2 Å². The van der Waals surface area contributed by atoms with Crippen LogP contribution in [-0.2, 0) is 11.3 Å². The Bertz CT molecular complexity index is 753. The fourth-order valence-electron chi connectivity index (χ4n) is 3.30. The number of nitrogens with one attached hydrogen (secondary N) is 1. The summed E-state index contributed by atoms with van der Waals surface area (Å²) in [5.74, 6) is 1.22. The molecule has 1 amide bonds. The largest absolute Gasteiger partial charge is 0.491 e. The standard InChI is InChI=1S/C23H30N2O3/c1-18(2)21-5-3-4-6-22(21)28-14-11-24-23(26)20-9-7-19(8-10-20)17-25-12-15-27-16-13-25/h3-10,18H,11-17H2,1-2H3,(H,24,26). The van der Waals surface area contributed by atoms with Crippen molar-refractivity contribution in [3.8, 4) is 5.75 Å². The Labute approximate surface area is 167 Å². The van der Waals surface area contributed by atoms with Crippen LogP contribution >= 0.6 is 0 Å². The zero-order chi connectivity index (χ0) is 19.8. The van der Waals surface area contributed by atoms with Crippen molar-refractivity contribution in [2.45, 2.75) is 26.3 Å². The predicted octanol–water partition coefficient (Wildman–Crippen LogP) is 3.45. The second-order valence-corrected chi connectivity index (χ2v) is 7.38. The lowest BCUT2D eigenvalue weighted by Crippen LogP contribution is -2.35. The van der Waals surface area contributed by atoms with Crippen molar-refractivity contribution >= 4 is 5.91 Å². The van der Waals surface area contributed by atoms with Crippen molar-refractivity contribution in [3.05, 3.63) is 65.2 Å². The van der Waals surface area contributed by atoms with Gasteiger partial charge in [0, 0.05) is 25.2 Å². The minimum atomic E-state index is -0.0707. The van der Waals surface area contributed by atoms with Crippen LogP contribution < -0.4 is 10.1 Å². The molecule has 2 aromatic carbocycles. The Morgan fingerprint density at radius 1 is 1.11 bits per heavy atom. The van der Waals surface area contributed by atoms with E-state index in [1.165, 1.54) is 11.1 Å². The molecule has 1 aliphatic rings. The van der Waals surface area contributed by atoms with Crippen LogP contribution in [0.3, 0.4) is 0 Å². The number of amides is 1. The molecule has 1 aliphatic heterocycles. The topological polar surface area (TPSA) is 50.8 Å². The van der Waals surface area contributed by atoms with E-state index in [-0.39, 0.29) is 5.91 Å². The molecule has 0 saturated carbocycles. The first kappa shape index (κ1) is 20.4. The average Bonchev–Trinajstić information content (AvgIpc) is 2.72. The lowest BCUT2D eigenvalue weighted by molar-refractivity contribution is 0.0342. The monoisotopic (exact) mass is 382 g/mol. The third-order valence-electron chi connectivity index (χ3n) is 4.91. The van der Waals surface area contributed by atoms with Gasteiger partial charge in [0.1, 0.15) is 12.4 Å². The second-order valence-electron chi connectivity index (χ2n) is 7.38. The maximum absolute atomic E-state index is 12.3. The van der Waals surface area contributed by atoms with Crippen LogP contribution in [0, 0.1) is 0 Å². The predicted molar refractivity (Wildman–Crippen MR) is 111 cm³/mol. The molecule has 0 aliphatic carbocycles. The summed E-state index contributed by atoms with van der Waals surface area (Å²) in [6.45, 7) is 9.62. The smallest absolute Gasteiger partial charge is 0.251 e. The Balaban J connectivity index is 1.43. The Morgan fingerprint density at radius 2 is 1.82 bits per heavy atom. The highest BCUT2D eigenvalue weighted by molar-refractivity contribution is 5.94. The van der Waals surface area contributed by atoms with E-state index >= 15 is 0 Å². The van der Waals surface area contributed by atoms with Crippen molar-refractivity contribution in [1.29, 1.82) is 0 Å². The summed E-state index contributed by atoms with van der Waals surface area (Å²) in [5.41, 5.74) is 3.07. The molecule has 0 bridgehead atoms. The van der Waals surface area contributed by atoms with E-state index in [1.54, 1.807) is 0 Å². The van der Waals surface area contributed by atoms with E-state index in [1.807, 2.05) is 42.5 Å². The molecule has 0 radical (unpaired) electrons. The number of ether oxygens (including phenoxy) is 2. The van der Waals surface area contributed by atoms with E-state index in [0.717, 1.165) is 38.6 Å². The molecule has 5 heteroatoms. The van der Waals surface area contributed by atoms with Crippen LogP contribution in [0.15, 0.2) is 48.5 Å². The molecule has 0 atom stereocenters. The minimum absolute atomic E-state index is 0.0707. The van der Waals surface area contributed by atoms with Crippen molar-refractivity contribution in [3.63, 3.8) is 0 Å². The molecule has 1 fully saturated rings. The van der Waals surface area contributed by atoms with E-state index in [0.29, 0.717) is 24.6 Å². The third kappa shape index (κ3) is 5.81. The summed E-state index contributed by atoms with van der Waals surface area (Å²) in [7, 11) is 0. The van der Waals surface area contributed by atoms with Crippen LogP contribution in [-0.4, -0.2) is 50.3 Å². The number of rotatable bonds is 8. The van der Waals surface area contributed by atoms with Gasteiger partial charge in [0.25, 0.3) is 5.91 Å². The molecule has 5 nitrogen and oxygen atoms in total. The van der Waals surface area contributed by atoms with Gasteiger partial charge in [0.05, 0.1) is 19.8 Å². The van der Waals surface area contributed by atoms with Crippen LogP contribution in [0.1, 0.15) is 41.3 Å². The number of hydrogen-bond acceptors (Lipinski definition) is 4. The quantitative estimate of drug-likeness (QED) is 0.711. The van der Waals surface area contributed by atoms with Crippen LogP contribution in [0.5, 0.6) is 5.75 Å². The number of para-hydroxylation sites is 1. The van der Waals surface area contributed by atoms with Crippen molar-refractivity contribution in [1.82, 2.24) is 10.2 Å². The molecule has 1 N–H and O–H groups in total. The molecule has 0 unspecified atom stereocenters. The highest BCUT2D eigenvalue weighted by atomic mass is 16.5. The van der Waals surface area contributed by atoms with Gasteiger partial charge in [-0.1, -0.05) is 44.2 Å². The number of hydrogen-bond donors (Lipinski definition) is 1. The second kappa shape index (κ2) is 10.2. The van der Waals surface area contributed by atoms with Crippen molar-refractivity contribution in [2.24, 2.45) is 0 Å². The van der Waals surface area contributed by atoms with Gasteiger partial charge in [-0.2, -0.15) is 0 Å². The first-order chi connectivity index (χ1) is 13.6. The van der Waals surface area contributed by atoms with Crippen LogP contribution in [0.4, 0.5) is 0 Å². The van der Waals surface area contributed by atoms with Crippen LogP contribution in [0.25, 0.3) is 0 Å². The third-order valence-corrected chi connectivity index (χ3v) is 4.91. The van der Waals surface area contributed by atoms with Gasteiger partial charge in [0.15, 0.2) is 0 Å². The molecule has 0 aromatic heterocycles. The van der Waals surface area contributed by atoms with Gasteiger partial charge >= 0.3 is 0 Å². The number of carbonyl (C=O) groups is 1. The maximum atomic E-state index is 12.3. The summed E-state index contributed by atoms with van der Waals surface area (Å²) < 4.78 is 11.2. The van der Waals surface area contributed by atoms with Gasteiger partial charge in [-0.15, -0.1) is 0 Å². The normalized spacial score (nSPS) is 14.8. The van der Waals surface area contributed by atoms with Crippen molar-refractivity contribution < 1.29 is 14.3 Å². The summed E-state index contributed by atoms with van der Waals surface area (Å²) in [4.78, 5) is 14.7. The molecule has 2 aromatic rings. The Morgan fingerprint density at radius 3 is 2.54 bits per heavy atom. The first-order valence-corrected chi connectivity index (χ1v) is 10.0. The summed E-state index contributed by atoms with van der Waals surface area (Å²) in [6.07, 6.45) is 0. The zero-order valence-electron chi connectivity index (χ0n) is 16.8. The molecular weight excluding hydrogens is 352 g/mol. The molecule has 3 rings (SSSR count). The highest BCUT2D eigenvalue weighted by Gasteiger charge is 2.11. The molecule has 28 heavy (non-hydrogen) atoms. The number of carbonyl (C=O) groups excluding carboxylic acids is 1. The van der Waals surface area contributed by atoms with Crippen LogP contribution in [0.2, 0.25) is 0 Å². The van der Waals surface area contributed by atoms with Gasteiger partial charge < -0.3 is 14.8 Å². The summed E-state index contributed by atoms with van der Waals surface area (Å²) >= 11 is 0. The zero-order valence-corrected chi connectivity index (χ0v) is 16.8. The van der Waals surface area contributed by atoms with E-state index in [9.17, 15) is 4.79 Å². The first-order valence-electron chi connectivity index (χ1n) is 10.0. The van der Waals surface area contributed by atoms with Gasteiger partial charge in [-0.3, -0.25) is 9.69 Å². The lowest BCUT2D eigenvalue weighted by Gasteiger charge is -2.26. The van der Waals surface area contributed by atoms with E-state index in [2.05, 4.69) is 30.1 Å². The van der Waals surface area contributed by atoms with E-state index in [4.69, 9.17) is 9.47 Å². The molecular formula is C23H30N2O3. The SMILES string of the molecule is CC(C)c1ccccc1OCCNC(=O)c1ccc(CN2CCOCC2)cc1. The fourth-order valence-corrected chi connectivity index (χ4v) is 3.30. The summed E-state index contributed by atoms with van der Waals surface area (Å²) in [6, 6.07) is 15.9. The fraction of sp³-hybridized carbons (Fsp3) is 0.435. The molecule has 1 heterocycles. The number of nitrogens with zero attached hydrogens (tertiary/aromatic N) is 1. The lowest BCUT2D eigenvalue weighted by atomic mass is 10.0. The molecule has 150 valence electrons. The van der Waals surface area contributed by atoms with Gasteiger partial charge in [0.2, 0.25) is 0 Å². The van der Waals surface area contributed by atoms with Crippen molar-refractivity contribution in [2.75, 3.05) is 39.5 Å². The Kier molecular flexibility index (Phi) is 7.46. The number of benzene rings is 2. The molecule has 0 spiro atoms. The molecule has 1 saturated heterocycles. The Hall–Kier alpha value is -2.37. The van der Waals surface area contributed by atoms with E-state index < -0.39 is 0 Å².